The van der Waals surface area contributed by atoms with E-state index in [0.29, 0.717) is 22.6 Å². The van der Waals surface area contributed by atoms with E-state index >= 15 is 0 Å². The number of thiazole rings is 1. The number of carbonyl (C=O) groups is 1. The number of amides is 1. The molecule has 0 unspecified atom stereocenters. The van der Waals surface area contributed by atoms with E-state index in [4.69, 9.17) is 4.74 Å². The highest BCUT2D eigenvalue weighted by atomic mass is 32.1. The zero-order valence-electron chi connectivity index (χ0n) is 16.5. The van der Waals surface area contributed by atoms with Crippen LogP contribution < -0.4 is 10.1 Å². The molecule has 6 heteroatoms. The number of benzene rings is 3. The number of ether oxygens (including phenoxy) is 1. The molecule has 0 saturated heterocycles. The van der Waals surface area contributed by atoms with E-state index < -0.39 is 0 Å². The number of aryl methyl sites for hydroxylation is 1. The van der Waals surface area contributed by atoms with E-state index in [0.717, 1.165) is 21.8 Å². The molecule has 0 bridgehead atoms. The quantitative estimate of drug-likeness (QED) is 0.421. The molecule has 0 spiro atoms. The van der Waals surface area contributed by atoms with Gasteiger partial charge >= 0.3 is 0 Å². The minimum absolute atomic E-state index is 0.255. The topological polar surface area (TPSA) is 51.2 Å². The summed E-state index contributed by atoms with van der Waals surface area (Å²) in [6, 6.07) is 18.8. The SMILES string of the molecule is COc1ccc(C(=O)Nc2ccc(-c3csc(C)n3)cc2)c(-c2ccc(F)cc2)c1. The maximum atomic E-state index is 13.3. The zero-order valence-corrected chi connectivity index (χ0v) is 17.3. The molecule has 3 aromatic carbocycles. The van der Waals surface area contributed by atoms with E-state index in [9.17, 15) is 9.18 Å². The monoisotopic (exact) mass is 418 g/mol. The van der Waals surface area contributed by atoms with E-state index in [1.807, 2.05) is 36.6 Å². The van der Waals surface area contributed by atoms with Crippen molar-refractivity contribution < 1.29 is 13.9 Å². The minimum atomic E-state index is -0.331. The third kappa shape index (κ3) is 4.23. The van der Waals surface area contributed by atoms with Crippen molar-refractivity contribution in [1.29, 1.82) is 0 Å². The Morgan fingerprint density at radius 2 is 1.70 bits per heavy atom. The van der Waals surface area contributed by atoms with Gasteiger partial charge in [0.2, 0.25) is 0 Å². The van der Waals surface area contributed by atoms with Gasteiger partial charge in [-0.1, -0.05) is 24.3 Å². The van der Waals surface area contributed by atoms with Crippen LogP contribution in [0.15, 0.2) is 72.1 Å². The van der Waals surface area contributed by atoms with E-state index in [-0.39, 0.29) is 11.7 Å². The Kier molecular flexibility index (Phi) is 5.59. The standard InChI is InChI=1S/C24H19FN2O2S/c1-15-26-23(14-30-15)17-5-9-19(10-6-17)27-24(28)21-12-11-20(29-2)13-22(21)16-3-7-18(25)8-4-16/h3-14H,1-2H3,(H,27,28). The molecule has 0 aliphatic rings. The van der Waals surface area contributed by atoms with Gasteiger partial charge in [-0.25, -0.2) is 9.37 Å². The van der Waals surface area contributed by atoms with Crippen molar-refractivity contribution in [3.8, 4) is 28.1 Å². The maximum absolute atomic E-state index is 13.3. The maximum Gasteiger partial charge on any atom is 0.256 e. The lowest BCUT2D eigenvalue weighted by Crippen LogP contribution is -2.13. The van der Waals surface area contributed by atoms with Gasteiger partial charge in [-0.3, -0.25) is 4.79 Å². The fraction of sp³-hybridized carbons (Fsp3) is 0.0833. The van der Waals surface area contributed by atoms with Crippen molar-refractivity contribution in [2.24, 2.45) is 0 Å². The third-order valence-corrected chi connectivity index (χ3v) is 5.46. The van der Waals surface area contributed by atoms with Crippen LogP contribution in [0, 0.1) is 12.7 Å². The van der Waals surface area contributed by atoms with E-state index in [1.165, 1.54) is 12.1 Å². The second kappa shape index (κ2) is 8.47. The van der Waals surface area contributed by atoms with Crippen LogP contribution in [-0.4, -0.2) is 18.0 Å². The summed E-state index contributed by atoms with van der Waals surface area (Å²) < 4.78 is 18.6. The Labute approximate surface area is 178 Å². The Bertz CT molecular complexity index is 1180. The predicted molar refractivity (Wildman–Crippen MR) is 119 cm³/mol. The van der Waals surface area contributed by atoms with Crippen LogP contribution in [0.2, 0.25) is 0 Å². The van der Waals surface area contributed by atoms with Crippen molar-refractivity contribution in [2.45, 2.75) is 6.92 Å². The number of methoxy groups -OCH3 is 1. The summed E-state index contributed by atoms with van der Waals surface area (Å²) in [5.41, 5.74) is 4.47. The number of anilines is 1. The van der Waals surface area contributed by atoms with Gasteiger partial charge in [-0.05, 0) is 60.5 Å². The van der Waals surface area contributed by atoms with Crippen LogP contribution in [0.25, 0.3) is 22.4 Å². The Balaban J connectivity index is 1.61. The lowest BCUT2D eigenvalue weighted by atomic mass is 9.98. The highest BCUT2D eigenvalue weighted by Gasteiger charge is 2.15. The van der Waals surface area contributed by atoms with Crippen molar-refractivity contribution in [2.75, 3.05) is 12.4 Å². The molecule has 1 amide bonds. The molecule has 4 nitrogen and oxygen atoms in total. The second-order valence-corrected chi connectivity index (χ2v) is 7.76. The predicted octanol–water partition coefficient (Wildman–Crippen LogP) is 6.19. The average molecular weight is 418 g/mol. The number of hydrogen-bond donors (Lipinski definition) is 1. The van der Waals surface area contributed by atoms with Crippen LogP contribution in [-0.2, 0) is 0 Å². The summed E-state index contributed by atoms with van der Waals surface area (Å²) in [5.74, 6) is 0.0334. The summed E-state index contributed by atoms with van der Waals surface area (Å²) in [6.07, 6.45) is 0. The first-order valence-electron chi connectivity index (χ1n) is 9.31. The van der Waals surface area contributed by atoms with Crippen LogP contribution in [0.5, 0.6) is 5.75 Å². The normalized spacial score (nSPS) is 10.6. The van der Waals surface area contributed by atoms with Gasteiger partial charge in [0.15, 0.2) is 0 Å². The summed E-state index contributed by atoms with van der Waals surface area (Å²) in [6.45, 7) is 1.97. The molecule has 1 aromatic heterocycles. The first-order chi connectivity index (χ1) is 14.5. The van der Waals surface area contributed by atoms with Gasteiger partial charge in [0, 0.05) is 22.2 Å². The average Bonchev–Trinajstić information content (AvgIpc) is 3.20. The van der Waals surface area contributed by atoms with Crippen molar-refractivity contribution >= 4 is 22.9 Å². The van der Waals surface area contributed by atoms with Gasteiger partial charge in [0.05, 0.1) is 17.8 Å². The molecule has 4 aromatic rings. The molecule has 150 valence electrons. The van der Waals surface area contributed by atoms with E-state index in [2.05, 4.69) is 10.3 Å². The first kappa shape index (κ1) is 19.8. The number of nitrogens with zero attached hydrogens (tertiary/aromatic N) is 1. The molecule has 0 aliphatic carbocycles. The lowest BCUT2D eigenvalue weighted by Gasteiger charge is -2.13. The molecule has 0 aliphatic heterocycles. The number of nitrogens with one attached hydrogen (secondary N) is 1. The molecule has 0 fully saturated rings. The first-order valence-corrected chi connectivity index (χ1v) is 10.2. The summed E-state index contributed by atoms with van der Waals surface area (Å²) in [7, 11) is 1.56. The van der Waals surface area contributed by atoms with Gasteiger partial charge in [0.1, 0.15) is 11.6 Å². The number of halogens is 1. The summed E-state index contributed by atoms with van der Waals surface area (Å²) in [5, 5.41) is 5.95. The van der Waals surface area contributed by atoms with Crippen molar-refractivity contribution in [3.63, 3.8) is 0 Å². The Hall–Kier alpha value is -3.51. The fourth-order valence-electron chi connectivity index (χ4n) is 3.14. The molecule has 1 N–H and O–H groups in total. The second-order valence-electron chi connectivity index (χ2n) is 6.70. The van der Waals surface area contributed by atoms with Crippen LogP contribution in [0.1, 0.15) is 15.4 Å². The smallest absolute Gasteiger partial charge is 0.256 e. The van der Waals surface area contributed by atoms with Gasteiger partial charge in [-0.2, -0.15) is 0 Å². The van der Waals surface area contributed by atoms with Gasteiger partial charge < -0.3 is 10.1 Å². The largest absolute Gasteiger partial charge is 0.497 e. The minimum Gasteiger partial charge on any atom is -0.497 e. The zero-order chi connectivity index (χ0) is 21.1. The van der Waals surface area contributed by atoms with Gasteiger partial charge in [-0.15, -0.1) is 11.3 Å². The number of hydrogen-bond acceptors (Lipinski definition) is 4. The molecular weight excluding hydrogens is 399 g/mol. The Morgan fingerprint density at radius 1 is 1.00 bits per heavy atom. The van der Waals surface area contributed by atoms with Crippen LogP contribution in [0.3, 0.4) is 0 Å². The Morgan fingerprint density at radius 3 is 2.33 bits per heavy atom. The third-order valence-electron chi connectivity index (χ3n) is 4.68. The molecule has 4 rings (SSSR count). The van der Waals surface area contributed by atoms with E-state index in [1.54, 1.807) is 48.8 Å². The molecule has 0 saturated carbocycles. The molecule has 1 heterocycles. The highest BCUT2D eigenvalue weighted by Crippen LogP contribution is 2.29. The summed E-state index contributed by atoms with van der Waals surface area (Å²) in [4.78, 5) is 17.5. The lowest BCUT2D eigenvalue weighted by molar-refractivity contribution is 0.102. The summed E-state index contributed by atoms with van der Waals surface area (Å²) >= 11 is 1.60. The van der Waals surface area contributed by atoms with Gasteiger partial charge in [0.25, 0.3) is 5.91 Å². The molecular formula is C24H19FN2O2S. The molecule has 30 heavy (non-hydrogen) atoms. The van der Waals surface area contributed by atoms with Crippen molar-refractivity contribution in [1.82, 2.24) is 4.98 Å². The van der Waals surface area contributed by atoms with Crippen LogP contribution >= 0.6 is 11.3 Å². The number of rotatable bonds is 5. The van der Waals surface area contributed by atoms with Crippen molar-refractivity contribution in [3.05, 3.63) is 88.5 Å². The number of aromatic nitrogens is 1. The molecule has 0 atom stereocenters. The fourth-order valence-corrected chi connectivity index (χ4v) is 3.76. The number of carbonyl (C=O) groups excluding carboxylic acids is 1. The molecule has 0 radical (unpaired) electrons. The van der Waals surface area contributed by atoms with Crippen LogP contribution in [0.4, 0.5) is 10.1 Å². The highest BCUT2D eigenvalue weighted by molar-refractivity contribution is 7.09.